The lowest BCUT2D eigenvalue weighted by molar-refractivity contribution is -0.137. The molecule has 4 rings (SSSR count). The number of alkyl halides is 3. The first-order valence-electron chi connectivity index (χ1n) is 12.1. The molecule has 1 heterocycles. The van der Waals surface area contributed by atoms with E-state index in [9.17, 15) is 31.5 Å². The van der Waals surface area contributed by atoms with Crippen molar-refractivity contribution in [3.63, 3.8) is 0 Å². The number of halogens is 6. The lowest BCUT2D eigenvalue weighted by Crippen LogP contribution is -2.46. The van der Waals surface area contributed by atoms with Crippen molar-refractivity contribution in [1.29, 1.82) is 0 Å². The predicted octanol–water partition coefficient (Wildman–Crippen LogP) is 7.17. The van der Waals surface area contributed by atoms with Crippen molar-refractivity contribution < 1.29 is 31.5 Å². The Bertz CT molecular complexity index is 1530. The van der Waals surface area contributed by atoms with E-state index in [1.54, 1.807) is 30.3 Å². The first-order chi connectivity index (χ1) is 19.4. The summed E-state index contributed by atoms with van der Waals surface area (Å²) in [7, 11) is 0. The van der Waals surface area contributed by atoms with Gasteiger partial charge in [0.15, 0.2) is 0 Å². The van der Waals surface area contributed by atoms with Crippen molar-refractivity contribution in [2.45, 2.75) is 18.0 Å². The van der Waals surface area contributed by atoms with Gasteiger partial charge >= 0.3 is 12.2 Å². The Balaban J connectivity index is 1.80. The predicted molar refractivity (Wildman–Crippen MR) is 145 cm³/mol. The topological polar surface area (TPSA) is 83.1 Å². The fourth-order valence-corrected chi connectivity index (χ4v) is 4.37. The van der Waals surface area contributed by atoms with Crippen LogP contribution >= 0.6 is 11.6 Å². The normalized spacial score (nSPS) is 12.7. The summed E-state index contributed by atoms with van der Waals surface area (Å²) in [6, 6.07) is 17.1. The third kappa shape index (κ3) is 7.57. The zero-order chi connectivity index (χ0) is 29.6. The van der Waals surface area contributed by atoms with Gasteiger partial charge in [0.2, 0.25) is 5.91 Å². The van der Waals surface area contributed by atoms with Crippen LogP contribution in [-0.4, -0.2) is 23.5 Å². The van der Waals surface area contributed by atoms with Crippen LogP contribution in [0.4, 0.5) is 38.1 Å². The van der Waals surface area contributed by atoms with Crippen molar-refractivity contribution in [2.75, 3.05) is 17.2 Å². The summed E-state index contributed by atoms with van der Waals surface area (Å²) in [5.41, 5.74) is -2.83. The van der Waals surface area contributed by atoms with Gasteiger partial charge < -0.3 is 16.0 Å². The molecule has 4 aromatic rings. The second kappa shape index (κ2) is 12.3. The summed E-state index contributed by atoms with van der Waals surface area (Å²) in [5, 5.41) is 7.80. The van der Waals surface area contributed by atoms with Crippen LogP contribution in [0.2, 0.25) is 5.02 Å². The Morgan fingerprint density at radius 2 is 1.49 bits per heavy atom. The van der Waals surface area contributed by atoms with E-state index in [1.165, 1.54) is 36.5 Å². The molecule has 0 radical (unpaired) electrons. The minimum atomic E-state index is -4.91. The standard InChI is InChI=1S/C29H22ClF5N4O2/c30-20-9-10-25(36-16-20)28(15-26(40)38-23-6-2-1-3-7-23,18-11-19(29(33,34)35)13-22(32)12-18)17-37-27(41)39-24-8-4-5-21(31)14-24/h1-14,16H,15,17H2,(H,38,40)(H2,37,39,41)/t28-/m0/s1. The number of carbonyl (C=O) groups excluding carboxylic acids is 2. The Labute approximate surface area is 236 Å². The van der Waals surface area contributed by atoms with Gasteiger partial charge in [0.1, 0.15) is 11.6 Å². The minimum Gasteiger partial charge on any atom is -0.337 e. The quantitative estimate of drug-likeness (QED) is 0.191. The summed E-state index contributed by atoms with van der Waals surface area (Å²) >= 11 is 6.00. The lowest BCUT2D eigenvalue weighted by Gasteiger charge is -2.34. The summed E-state index contributed by atoms with van der Waals surface area (Å²) in [6.07, 6.45) is -4.25. The molecule has 0 bridgehead atoms. The lowest BCUT2D eigenvalue weighted by atomic mass is 9.73. The van der Waals surface area contributed by atoms with E-state index >= 15 is 0 Å². The van der Waals surface area contributed by atoms with E-state index in [0.717, 1.165) is 12.1 Å². The number of rotatable bonds is 8. The highest BCUT2D eigenvalue weighted by Gasteiger charge is 2.41. The Morgan fingerprint density at radius 3 is 2.15 bits per heavy atom. The van der Waals surface area contributed by atoms with Crippen LogP contribution in [-0.2, 0) is 16.4 Å². The molecule has 3 amide bonds. The molecule has 0 saturated heterocycles. The van der Waals surface area contributed by atoms with E-state index in [1.807, 2.05) is 0 Å². The largest absolute Gasteiger partial charge is 0.416 e. The molecule has 0 spiro atoms. The van der Waals surface area contributed by atoms with Crippen LogP contribution in [0.5, 0.6) is 0 Å². The first kappa shape index (κ1) is 29.5. The number of para-hydroxylation sites is 1. The fraction of sp³-hybridized carbons (Fsp3) is 0.138. The van der Waals surface area contributed by atoms with Crippen LogP contribution in [0.1, 0.15) is 23.2 Å². The van der Waals surface area contributed by atoms with Gasteiger partial charge in [-0.3, -0.25) is 9.78 Å². The smallest absolute Gasteiger partial charge is 0.337 e. The van der Waals surface area contributed by atoms with Crippen LogP contribution in [0.3, 0.4) is 0 Å². The van der Waals surface area contributed by atoms with Gasteiger partial charge in [-0.1, -0.05) is 35.9 Å². The van der Waals surface area contributed by atoms with E-state index in [2.05, 4.69) is 20.9 Å². The number of hydrogen-bond donors (Lipinski definition) is 3. The second-order valence-electron chi connectivity index (χ2n) is 9.08. The van der Waals surface area contributed by atoms with Gasteiger partial charge in [-0.25, -0.2) is 13.6 Å². The maximum atomic E-state index is 14.7. The van der Waals surface area contributed by atoms with Crippen LogP contribution in [0.15, 0.2) is 91.1 Å². The zero-order valence-electron chi connectivity index (χ0n) is 21.1. The molecule has 1 aromatic heterocycles. The molecule has 0 unspecified atom stereocenters. The summed E-state index contributed by atoms with van der Waals surface area (Å²) in [6.45, 7) is -0.508. The zero-order valence-corrected chi connectivity index (χ0v) is 21.9. The molecule has 41 heavy (non-hydrogen) atoms. The van der Waals surface area contributed by atoms with Gasteiger partial charge in [0, 0.05) is 30.5 Å². The molecular formula is C29H22ClF5N4O2. The van der Waals surface area contributed by atoms with Gasteiger partial charge in [0.05, 0.1) is 21.7 Å². The summed E-state index contributed by atoms with van der Waals surface area (Å²) in [5.74, 6) is -2.47. The van der Waals surface area contributed by atoms with E-state index in [-0.39, 0.29) is 22.0 Å². The van der Waals surface area contributed by atoms with Gasteiger partial charge in [-0.05, 0) is 66.2 Å². The second-order valence-corrected chi connectivity index (χ2v) is 9.52. The molecule has 3 aromatic carbocycles. The summed E-state index contributed by atoms with van der Waals surface area (Å²) in [4.78, 5) is 30.4. The number of nitrogens with one attached hydrogen (secondary N) is 3. The average molecular weight is 589 g/mol. The summed E-state index contributed by atoms with van der Waals surface area (Å²) < 4.78 is 69.5. The van der Waals surface area contributed by atoms with Gasteiger partial charge in [0.25, 0.3) is 0 Å². The number of carbonyl (C=O) groups is 2. The molecule has 3 N–H and O–H groups in total. The monoisotopic (exact) mass is 588 g/mol. The molecule has 0 fully saturated rings. The first-order valence-corrected chi connectivity index (χ1v) is 12.5. The number of aromatic nitrogens is 1. The van der Waals surface area contributed by atoms with Crippen LogP contribution in [0, 0.1) is 11.6 Å². The molecule has 12 heteroatoms. The van der Waals surface area contributed by atoms with Crippen molar-refractivity contribution in [3.05, 3.63) is 125 Å². The molecule has 1 atom stereocenters. The maximum Gasteiger partial charge on any atom is 0.416 e. The fourth-order valence-electron chi connectivity index (χ4n) is 4.26. The highest BCUT2D eigenvalue weighted by atomic mass is 35.5. The van der Waals surface area contributed by atoms with Crippen molar-refractivity contribution in [3.8, 4) is 0 Å². The van der Waals surface area contributed by atoms with E-state index in [0.29, 0.717) is 17.8 Å². The molecular weight excluding hydrogens is 567 g/mol. The molecule has 212 valence electrons. The third-order valence-corrected chi connectivity index (χ3v) is 6.37. The van der Waals surface area contributed by atoms with E-state index in [4.69, 9.17) is 11.6 Å². The maximum absolute atomic E-state index is 14.7. The van der Waals surface area contributed by atoms with Crippen molar-refractivity contribution >= 4 is 34.9 Å². The van der Waals surface area contributed by atoms with Gasteiger partial charge in [-0.15, -0.1) is 0 Å². The molecule has 0 aliphatic heterocycles. The Kier molecular flexibility index (Phi) is 8.87. The SMILES string of the molecule is O=C(C[C@](CNC(=O)Nc1cccc(F)c1)(c1cc(F)cc(C(F)(F)F)c1)c1ccc(Cl)cn1)Nc1ccccc1. The third-order valence-electron chi connectivity index (χ3n) is 6.15. The highest BCUT2D eigenvalue weighted by molar-refractivity contribution is 6.30. The van der Waals surface area contributed by atoms with E-state index < -0.39 is 53.7 Å². The number of nitrogens with zero attached hydrogens (tertiary/aromatic N) is 1. The highest BCUT2D eigenvalue weighted by Crippen LogP contribution is 2.39. The number of pyridine rings is 1. The Hall–Kier alpha value is -4.51. The van der Waals surface area contributed by atoms with Crippen molar-refractivity contribution in [1.82, 2.24) is 10.3 Å². The average Bonchev–Trinajstić information content (AvgIpc) is 2.91. The number of urea groups is 1. The van der Waals surface area contributed by atoms with Gasteiger partial charge in [-0.2, -0.15) is 13.2 Å². The van der Waals surface area contributed by atoms with Crippen LogP contribution < -0.4 is 16.0 Å². The Morgan fingerprint density at radius 1 is 0.780 bits per heavy atom. The minimum absolute atomic E-state index is 0.0369. The van der Waals surface area contributed by atoms with Crippen molar-refractivity contribution in [2.24, 2.45) is 0 Å². The molecule has 6 nitrogen and oxygen atoms in total. The molecule has 0 aliphatic carbocycles. The molecule has 0 saturated carbocycles. The van der Waals surface area contributed by atoms with Crippen LogP contribution in [0.25, 0.3) is 0 Å². The molecule has 0 aliphatic rings. The number of amides is 3. The number of hydrogen-bond acceptors (Lipinski definition) is 3. The number of benzene rings is 3. The number of anilines is 2.